The summed E-state index contributed by atoms with van der Waals surface area (Å²) in [6, 6.07) is 7.30. The van der Waals surface area contributed by atoms with Crippen LogP contribution in [0, 0.1) is 6.92 Å². The van der Waals surface area contributed by atoms with Crippen molar-refractivity contribution >= 4 is 20.8 Å². The molecule has 4 nitrogen and oxygen atoms in total. The summed E-state index contributed by atoms with van der Waals surface area (Å²) < 4.78 is 27.7. The summed E-state index contributed by atoms with van der Waals surface area (Å²) in [5.74, 6) is 0. The van der Waals surface area contributed by atoms with Gasteiger partial charge in [0.1, 0.15) is 0 Å². The van der Waals surface area contributed by atoms with Crippen LogP contribution in [0.15, 0.2) is 35.4 Å². The van der Waals surface area contributed by atoms with Gasteiger partial charge in [0.05, 0.1) is 4.90 Å². The zero-order valence-corrected chi connectivity index (χ0v) is 15.2. The molecule has 1 aliphatic rings. The summed E-state index contributed by atoms with van der Waals surface area (Å²) in [5.41, 5.74) is 0.858. The first kappa shape index (κ1) is 17.9. The molecule has 3 rings (SSSR count). The Kier molecular flexibility index (Phi) is 5.76. The van der Waals surface area contributed by atoms with Crippen molar-refractivity contribution in [3.05, 3.63) is 36.2 Å². The van der Waals surface area contributed by atoms with E-state index in [1.165, 1.54) is 0 Å². The molecule has 0 spiro atoms. The van der Waals surface area contributed by atoms with Crippen molar-refractivity contribution in [1.82, 2.24) is 9.29 Å². The number of aromatic nitrogens is 1. The lowest BCUT2D eigenvalue weighted by Gasteiger charge is -2.32. The number of pyridine rings is 1. The van der Waals surface area contributed by atoms with Crippen LogP contribution in [0.4, 0.5) is 0 Å². The fourth-order valence-electron chi connectivity index (χ4n) is 3.10. The predicted octanol–water partition coefficient (Wildman–Crippen LogP) is 4.13. The molecule has 23 heavy (non-hydrogen) atoms. The minimum atomic E-state index is -3.45. The van der Waals surface area contributed by atoms with Gasteiger partial charge < -0.3 is 0 Å². The van der Waals surface area contributed by atoms with Crippen LogP contribution in [0.25, 0.3) is 10.8 Å². The second kappa shape index (κ2) is 7.41. The molecule has 5 heteroatoms. The molecule has 1 atom stereocenters. The van der Waals surface area contributed by atoms with Gasteiger partial charge >= 0.3 is 0 Å². The lowest BCUT2D eigenvalue weighted by molar-refractivity contribution is 0.269. The predicted molar refractivity (Wildman–Crippen MR) is 95.0 cm³/mol. The highest BCUT2D eigenvalue weighted by molar-refractivity contribution is 7.89. The molecule has 1 unspecified atom stereocenters. The van der Waals surface area contributed by atoms with Gasteiger partial charge in [0.2, 0.25) is 10.0 Å². The van der Waals surface area contributed by atoms with E-state index in [1.807, 2.05) is 33.8 Å². The Morgan fingerprint density at radius 2 is 1.87 bits per heavy atom. The van der Waals surface area contributed by atoms with Crippen LogP contribution in [0.2, 0.25) is 0 Å². The molecule has 0 saturated carbocycles. The van der Waals surface area contributed by atoms with Crippen LogP contribution in [0.1, 0.15) is 45.7 Å². The fourth-order valence-corrected chi connectivity index (χ4v) is 5.01. The summed E-state index contributed by atoms with van der Waals surface area (Å²) in [4.78, 5) is 4.65. The second-order valence-electron chi connectivity index (χ2n) is 5.71. The van der Waals surface area contributed by atoms with E-state index in [4.69, 9.17) is 0 Å². The first-order chi connectivity index (χ1) is 11.0. The Bertz CT molecular complexity index is 772. The van der Waals surface area contributed by atoms with Gasteiger partial charge in [-0.2, -0.15) is 4.31 Å². The van der Waals surface area contributed by atoms with E-state index in [9.17, 15) is 8.42 Å². The van der Waals surface area contributed by atoms with E-state index in [1.54, 1.807) is 28.7 Å². The van der Waals surface area contributed by atoms with Crippen molar-refractivity contribution in [1.29, 1.82) is 0 Å². The molecule has 1 aliphatic heterocycles. The van der Waals surface area contributed by atoms with E-state index in [-0.39, 0.29) is 6.04 Å². The van der Waals surface area contributed by atoms with Crippen LogP contribution in [-0.2, 0) is 10.0 Å². The monoisotopic (exact) mass is 334 g/mol. The number of nitrogens with zero attached hydrogens (tertiary/aromatic N) is 2. The van der Waals surface area contributed by atoms with Gasteiger partial charge in [-0.25, -0.2) is 8.42 Å². The van der Waals surface area contributed by atoms with Crippen LogP contribution in [-0.4, -0.2) is 30.3 Å². The normalized spacial score (nSPS) is 19.2. The zero-order valence-electron chi connectivity index (χ0n) is 14.4. The maximum Gasteiger partial charge on any atom is 0.243 e. The van der Waals surface area contributed by atoms with Crippen LogP contribution < -0.4 is 0 Å². The van der Waals surface area contributed by atoms with Crippen molar-refractivity contribution in [2.24, 2.45) is 0 Å². The molecule has 1 aromatic heterocycles. The van der Waals surface area contributed by atoms with Crippen molar-refractivity contribution in [3.8, 4) is 0 Å². The Hall–Kier alpha value is -1.46. The molecule has 2 heterocycles. The maximum atomic E-state index is 13.0. The number of aryl methyl sites for hydroxylation is 1. The lowest BCUT2D eigenvalue weighted by atomic mass is 10.1. The van der Waals surface area contributed by atoms with E-state index in [0.717, 1.165) is 35.7 Å². The number of piperidine rings is 1. The Morgan fingerprint density at radius 3 is 2.57 bits per heavy atom. The quantitative estimate of drug-likeness (QED) is 0.829. The third kappa shape index (κ3) is 3.40. The molecule has 1 saturated heterocycles. The topological polar surface area (TPSA) is 50.3 Å². The van der Waals surface area contributed by atoms with Crippen molar-refractivity contribution in [3.63, 3.8) is 0 Å². The first-order valence-electron chi connectivity index (χ1n) is 8.38. The molecule has 126 valence electrons. The van der Waals surface area contributed by atoms with Gasteiger partial charge in [-0.3, -0.25) is 4.98 Å². The molecule has 1 aromatic carbocycles. The summed E-state index contributed by atoms with van der Waals surface area (Å²) >= 11 is 0. The molecule has 0 amide bonds. The third-order valence-corrected chi connectivity index (χ3v) is 6.37. The first-order valence-corrected chi connectivity index (χ1v) is 9.82. The van der Waals surface area contributed by atoms with E-state index < -0.39 is 10.0 Å². The molecule has 0 bridgehead atoms. The highest BCUT2D eigenvalue weighted by Gasteiger charge is 2.32. The van der Waals surface area contributed by atoms with Crippen LogP contribution in [0.3, 0.4) is 0 Å². The number of hydrogen-bond acceptors (Lipinski definition) is 3. The zero-order chi connectivity index (χ0) is 17.0. The summed E-state index contributed by atoms with van der Waals surface area (Å²) in [5, 5.41) is 1.67. The average Bonchev–Trinajstić information content (AvgIpc) is 2.57. The standard InChI is InChI=1S/C16H20N2O2S.C2H6/c1-12-6-3-4-11-18(12)21(19,20)16-8-5-7-14-13(2)17-10-9-15(14)16;1-2/h5,7-10,12H,3-4,6,11H2,1-2H3;1-2H3. The number of sulfonamides is 1. The van der Waals surface area contributed by atoms with Crippen molar-refractivity contribution in [2.75, 3.05) is 6.54 Å². The molecule has 2 aromatic rings. The van der Waals surface area contributed by atoms with E-state index in [0.29, 0.717) is 11.4 Å². The molecule has 0 radical (unpaired) electrons. The van der Waals surface area contributed by atoms with Gasteiger partial charge in [0.25, 0.3) is 0 Å². The van der Waals surface area contributed by atoms with Gasteiger partial charge in [0, 0.05) is 35.2 Å². The number of rotatable bonds is 2. The number of benzene rings is 1. The minimum Gasteiger partial charge on any atom is -0.261 e. The second-order valence-corrected chi connectivity index (χ2v) is 7.57. The van der Waals surface area contributed by atoms with Gasteiger partial charge in [0.15, 0.2) is 0 Å². The van der Waals surface area contributed by atoms with E-state index >= 15 is 0 Å². The van der Waals surface area contributed by atoms with Crippen LogP contribution in [0.5, 0.6) is 0 Å². The fraction of sp³-hybridized carbons (Fsp3) is 0.500. The van der Waals surface area contributed by atoms with E-state index in [2.05, 4.69) is 4.98 Å². The van der Waals surface area contributed by atoms with Gasteiger partial charge in [-0.15, -0.1) is 0 Å². The number of hydrogen-bond donors (Lipinski definition) is 0. The highest BCUT2D eigenvalue weighted by atomic mass is 32.2. The summed E-state index contributed by atoms with van der Waals surface area (Å²) in [6.45, 7) is 8.51. The highest BCUT2D eigenvalue weighted by Crippen LogP contribution is 2.30. The summed E-state index contributed by atoms with van der Waals surface area (Å²) in [7, 11) is -3.45. The smallest absolute Gasteiger partial charge is 0.243 e. The Morgan fingerprint density at radius 1 is 1.13 bits per heavy atom. The minimum absolute atomic E-state index is 0.0712. The maximum absolute atomic E-state index is 13.0. The lowest BCUT2D eigenvalue weighted by Crippen LogP contribution is -2.41. The van der Waals surface area contributed by atoms with Crippen LogP contribution >= 0.6 is 0 Å². The molecular weight excluding hydrogens is 308 g/mol. The molecule has 0 aliphatic carbocycles. The SMILES string of the molecule is CC.Cc1nccc2c(S(=O)(=O)N3CCCCC3C)cccc12. The number of fused-ring (bicyclic) bond motifs is 1. The van der Waals surface area contributed by atoms with Gasteiger partial charge in [-0.1, -0.05) is 32.4 Å². The summed E-state index contributed by atoms with van der Waals surface area (Å²) in [6.07, 6.45) is 4.65. The Balaban J connectivity index is 0.000000924. The third-order valence-electron chi connectivity index (χ3n) is 4.29. The molecule has 1 fully saturated rings. The molecular formula is C18H26N2O2S. The average molecular weight is 334 g/mol. The van der Waals surface area contributed by atoms with Crippen molar-refractivity contribution < 1.29 is 8.42 Å². The largest absolute Gasteiger partial charge is 0.261 e. The molecule has 0 N–H and O–H groups in total. The van der Waals surface area contributed by atoms with Gasteiger partial charge in [-0.05, 0) is 38.8 Å². The Labute approximate surface area is 139 Å². The van der Waals surface area contributed by atoms with Crippen molar-refractivity contribution in [2.45, 2.75) is 57.9 Å².